The molecule has 1 fully saturated rings. The molecule has 0 saturated carbocycles. The second kappa shape index (κ2) is 6.29. The van der Waals surface area contributed by atoms with Gasteiger partial charge in [-0.2, -0.15) is 0 Å². The largest absolute Gasteiger partial charge is 0.465 e. The molecule has 24 heavy (non-hydrogen) atoms. The van der Waals surface area contributed by atoms with Gasteiger partial charge in [-0.1, -0.05) is 0 Å². The first-order valence-electron chi connectivity index (χ1n) is 6.83. The fourth-order valence-electron chi connectivity index (χ4n) is 2.20. The van der Waals surface area contributed by atoms with E-state index in [0.717, 1.165) is 10.3 Å². The van der Waals surface area contributed by atoms with Gasteiger partial charge in [0.2, 0.25) is 5.91 Å². The third-order valence-corrected chi connectivity index (χ3v) is 5.57. The van der Waals surface area contributed by atoms with Gasteiger partial charge in [-0.25, -0.2) is 8.42 Å². The first kappa shape index (κ1) is 16.5. The molecule has 3 rings (SSSR count). The molecule has 0 radical (unpaired) electrons. The molecule has 3 amide bonds. The molecule has 1 saturated heterocycles. The molecule has 2 aliphatic rings. The second-order valence-corrected chi connectivity index (χ2v) is 8.04. The van der Waals surface area contributed by atoms with Crippen molar-refractivity contribution in [3.63, 3.8) is 0 Å². The summed E-state index contributed by atoms with van der Waals surface area (Å²) in [5, 5.41) is 2.93. The molecule has 8 nitrogen and oxygen atoms in total. The van der Waals surface area contributed by atoms with Crippen molar-refractivity contribution in [1.82, 2.24) is 10.2 Å². The SMILES string of the molecule is O=C(CN1C(=O)S/C(=C\c2ccco2)C1=O)N[C@@H]1C=CS(=O)(=O)C1. The lowest BCUT2D eigenvalue weighted by Gasteiger charge is -2.14. The second-order valence-electron chi connectivity index (χ2n) is 5.12. The van der Waals surface area contributed by atoms with Crippen molar-refractivity contribution in [2.45, 2.75) is 6.04 Å². The smallest absolute Gasteiger partial charge is 0.294 e. The van der Waals surface area contributed by atoms with E-state index in [1.807, 2.05) is 0 Å². The van der Waals surface area contributed by atoms with Gasteiger partial charge in [0, 0.05) is 11.5 Å². The zero-order valence-electron chi connectivity index (χ0n) is 12.2. The van der Waals surface area contributed by atoms with E-state index >= 15 is 0 Å². The van der Waals surface area contributed by atoms with Gasteiger partial charge in [0.15, 0.2) is 9.84 Å². The Morgan fingerprint density at radius 2 is 2.25 bits per heavy atom. The molecule has 0 spiro atoms. The monoisotopic (exact) mass is 368 g/mol. The Morgan fingerprint density at radius 3 is 2.88 bits per heavy atom. The van der Waals surface area contributed by atoms with Crippen molar-refractivity contribution in [3.05, 3.63) is 40.5 Å². The maximum atomic E-state index is 12.2. The van der Waals surface area contributed by atoms with Crippen LogP contribution < -0.4 is 5.32 Å². The molecule has 1 aromatic heterocycles. The number of nitrogens with zero attached hydrogens (tertiary/aromatic N) is 1. The summed E-state index contributed by atoms with van der Waals surface area (Å²) in [4.78, 5) is 37.0. The average molecular weight is 368 g/mol. The van der Waals surface area contributed by atoms with Crippen molar-refractivity contribution < 1.29 is 27.2 Å². The van der Waals surface area contributed by atoms with Crippen molar-refractivity contribution in [3.8, 4) is 0 Å². The number of sulfone groups is 1. The molecule has 1 N–H and O–H groups in total. The summed E-state index contributed by atoms with van der Waals surface area (Å²) in [5.74, 6) is -1.00. The van der Waals surface area contributed by atoms with E-state index in [0.29, 0.717) is 17.5 Å². The van der Waals surface area contributed by atoms with Gasteiger partial charge >= 0.3 is 0 Å². The number of imide groups is 1. The van der Waals surface area contributed by atoms with E-state index in [-0.39, 0.29) is 10.7 Å². The highest BCUT2D eigenvalue weighted by molar-refractivity contribution is 8.18. The highest BCUT2D eigenvalue weighted by Gasteiger charge is 2.37. The van der Waals surface area contributed by atoms with Crippen molar-refractivity contribution in [2.24, 2.45) is 0 Å². The van der Waals surface area contributed by atoms with Gasteiger partial charge in [-0.3, -0.25) is 19.3 Å². The number of carbonyl (C=O) groups excluding carboxylic acids is 3. The average Bonchev–Trinajstić information content (AvgIpc) is 3.17. The standard InChI is InChI=1S/C14H12N2O6S2/c17-12(15-9-3-5-24(20,21)8-9)7-16-13(18)11(23-14(16)19)6-10-2-1-4-22-10/h1-6,9H,7-8H2,(H,15,17)/b11-6-/t9-/m1/s1. The lowest BCUT2D eigenvalue weighted by Crippen LogP contribution is -2.43. The summed E-state index contributed by atoms with van der Waals surface area (Å²) in [6.45, 7) is -0.468. The van der Waals surface area contributed by atoms with Crippen LogP contribution in [0, 0.1) is 0 Å². The Labute approximate surface area is 141 Å². The normalized spacial score (nSPS) is 24.1. The maximum Gasteiger partial charge on any atom is 0.294 e. The molecule has 1 atom stereocenters. The molecule has 0 aromatic carbocycles. The summed E-state index contributed by atoms with van der Waals surface area (Å²) in [5.41, 5.74) is 0. The van der Waals surface area contributed by atoms with E-state index < -0.39 is 39.5 Å². The van der Waals surface area contributed by atoms with Crippen LogP contribution in [0.4, 0.5) is 4.79 Å². The quantitative estimate of drug-likeness (QED) is 0.780. The summed E-state index contributed by atoms with van der Waals surface area (Å²) in [6.07, 6.45) is 4.22. The molecule has 126 valence electrons. The molecule has 0 aliphatic carbocycles. The van der Waals surface area contributed by atoms with Crippen molar-refractivity contribution in [2.75, 3.05) is 12.3 Å². The molecular weight excluding hydrogens is 356 g/mol. The van der Waals surface area contributed by atoms with Crippen LogP contribution in [0.15, 0.2) is 39.2 Å². The number of furan rings is 1. The zero-order chi connectivity index (χ0) is 17.3. The molecule has 1 aromatic rings. The lowest BCUT2D eigenvalue weighted by atomic mass is 10.3. The van der Waals surface area contributed by atoms with E-state index in [1.54, 1.807) is 12.1 Å². The molecule has 2 aliphatic heterocycles. The van der Waals surface area contributed by atoms with Crippen molar-refractivity contribution in [1.29, 1.82) is 0 Å². The van der Waals surface area contributed by atoms with Crippen LogP contribution >= 0.6 is 11.8 Å². The van der Waals surface area contributed by atoms with Crippen LogP contribution in [0.5, 0.6) is 0 Å². The molecule has 0 unspecified atom stereocenters. The molecule has 3 heterocycles. The number of carbonyl (C=O) groups is 3. The molecule has 10 heteroatoms. The van der Waals surface area contributed by atoms with Crippen LogP contribution in [-0.4, -0.2) is 48.7 Å². The summed E-state index contributed by atoms with van der Waals surface area (Å²) in [6, 6.07) is 2.63. The topological polar surface area (TPSA) is 114 Å². The Hall–Kier alpha value is -2.33. The number of nitrogens with one attached hydrogen (secondary N) is 1. The fraction of sp³-hybridized carbons (Fsp3) is 0.214. The molecule has 0 bridgehead atoms. The lowest BCUT2D eigenvalue weighted by molar-refractivity contribution is -0.129. The predicted molar refractivity (Wildman–Crippen MR) is 86.2 cm³/mol. The van der Waals surface area contributed by atoms with E-state index in [4.69, 9.17) is 4.42 Å². The van der Waals surface area contributed by atoms with E-state index in [1.165, 1.54) is 18.4 Å². The van der Waals surface area contributed by atoms with Crippen LogP contribution in [0.2, 0.25) is 0 Å². The van der Waals surface area contributed by atoms with Gasteiger partial charge < -0.3 is 9.73 Å². The van der Waals surface area contributed by atoms with Crippen LogP contribution in [0.25, 0.3) is 6.08 Å². The summed E-state index contributed by atoms with van der Waals surface area (Å²) >= 11 is 0.713. The predicted octanol–water partition coefficient (Wildman–Crippen LogP) is 0.743. The number of rotatable bonds is 4. The fourth-order valence-corrected chi connectivity index (χ4v) is 4.25. The number of amides is 3. The van der Waals surface area contributed by atoms with Crippen LogP contribution in [-0.2, 0) is 19.4 Å². The van der Waals surface area contributed by atoms with Crippen LogP contribution in [0.1, 0.15) is 5.76 Å². The maximum absolute atomic E-state index is 12.2. The third kappa shape index (κ3) is 3.60. The number of hydrogen-bond donors (Lipinski definition) is 1. The van der Waals surface area contributed by atoms with E-state index in [9.17, 15) is 22.8 Å². The van der Waals surface area contributed by atoms with Gasteiger partial charge in [0.1, 0.15) is 12.3 Å². The Bertz CT molecular complexity index is 854. The van der Waals surface area contributed by atoms with Gasteiger partial charge in [0.05, 0.1) is 23.0 Å². The minimum Gasteiger partial charge on any atom is -0.465 e. The van der Waals surface area contributed by atoms with Crippen molar-refractivity contribution >= 4 is 44.7 Å². The Kier molecular flexibility index (Phi) is 4.33. The van der Waals surface area contributed by atoms with E-state index in [2.05, 4.69) is 5.32 Å². The zero-order valence-corrected chi connectivity index (χ0v) is 13.8. The van der Waals surface area contributed by atoms with Gasteiger partial charge in [-0.05, 0) is 30.0 Å². The minimum atomic E-state index is -3.29. The highest BCUT2D eigenvalue weighted by Crippen LogP contribution is 2.32. The summed E-state index contributed by atoms with van der Waals surface area (Å²) in [7, 11) is -3.29. The minimum absolute atomic E-state index is 0.158. The number of hydrogen-bond acceptors (Lipinski definition) is 7. The summed E-state index contributed by atoms with van der Waals surface area (Å²) < 4.78 is 27.7. The molecular formula is C14H12N2O6S2. The third-order valence-electron chi connectivity index (χ3n) is 3.27. The Morgan fingerprint density at radius 1 is 1.46 bits per heavy atom. The van der Waals surface area contributed by atoms with Crippen LogP contribution in [0.3, 0.4) is 0 Å². The highest BCUT2D eigenvalue weighted by atomic mass is 32.2. The van der Waals surface area contributed by atoms with Gasteiger partial charge in [0.25, 0.3) is 11.1 Å². The first-order chi connectivity index (χ1) is 11.3. The van der Waals surface area contributed by atoms with Gasteiger partial charge in [-0.15, -0.1) is 0 Å². The Balaban J connectivity index is 1.63. The number of thioether (sulfide) groups is 1. The first-order valence-corrected chi connectivity index (χ1v) is 9.36.